The minimum Gasteiger partial charge on any atom is -0.481 e. The molecule has 1 unspecified atom stereocenters. The molecule has 106 valence electrons. The molecule has 0 saturated carbocycles. The van der Waals surface area contributed by atoms with Gasteiger partial charge in [-0.1, -0.05) is 26.0 Å². The maximum atomic E-state index is 12.0. The molecule has 4 heteroatoms. The second-order valence-corrected chi connectivity index (χ2v) is 5.12. The lowest BCUT2D eigenvalue weighted by Gasteiger charge is -2.22. The summed E-state index contributed by atoms with van der Waals surface area (Å²) in [5.74, 6) is 0.641. The lowest BCUT2D eigenvalue weighted by molar-refractivity contribution is -0.128. The third kappa shape index (κ3) is 4.91. The number of ether oxygens (including phenoxy) is 1. The Hall–Kier alpha value is -1.55. The highest BCUT2D eigenvalue weighted by Crippen LogP contribution is 2.14. The van der Waals surface area contributed by atoms with Gasteiger partial charge < -0.3 is 15.2 Å². The molecule has 0 heterocycles. The molecule has 1 rings (SSSR count). The van der Waals surface area contributed by atoms with Gasteiger partial charge in [-0.05, 0) is 37.5 Å². The average Bonchev–Trinajstić information content (AvgIpc) is 2.35. The van der Waals surface area contributed by atoms with Crippen LogP contribution < -0.4 is 10.1 Å². The summed E-state index contributed by atoms with van der Waals surface area (Å²) in [6.45, 7) is 7.51. The van der Waals surface area contributed by atoms with Gasteiger partial charge in [0.1, 0.15) is 5.75 Å². The van der Waals surface area contributed by atoms with E-state index in [1.165, 1.54) is 0 Å². The highest BCUT2D eigenvalue weighted by Gasteiger charge is 2.20. The van der Waals surface area contributed by atoms with Gasteiger partial charge in [0.25, 0.3) is 5.91 Å². The van der Waals surface area contributed by atoms with E-state index >= 15 is 0 Å². The van der Waals surface area contributed by atoms with E-state index in [9.17, 15) is 9.90 Å². The fraction of sp³-hybridized carbons (Fsp3) is 0.533. The number of aryl methyl sites for hydroxylation is 1. The van der Waals surface area contributed by atoms with E-state index in [1.807, 2.05) is 45.0 Å². The van der Waals surface area contributed by atoms with E-state index in [2.05, 4.69) is 5.32 Å². The molecular formula is C15H23NO3. The quantitative estimate of drug-likeness (QED) is 0.826. The van der Waals surface area contributed by atoms with Crippen molar-refractivity contribution in [3.8, 4) is 5.75 Å². The summed E-state index contributed by atoms with van der Waals surface area (Å²) >= 11 is 0. The summed E-state index contributed by atoms with van der Waals surface area (Å²) in [6, 6.07) is 7.33. The predicted octanol–water partition coefficient (Wildman–Crippen LogP) is 1.90. The van der Waals surface area contributed by atoms with E-state index in [0.717, 1.165) is 5.56 Å². The van der Waals surface area contributed by atoms with Crippen LogP contribution in [0.25, 0.3) is 0 Å². The molecule has 1 amide bonds. The van der Waals surface area contributed by atoms with Gasteiger partial charge in [0, 0.05) is 0 Å². The highest BCUT2D eigenvalue weighted by atomic mass is 16.5. The molecule has 0 saturated heterocycles. The van der Waals surface area contributed by atoms with Crippen LogP contribution in [0, 0.1) is 12.8 Å². The van der Waals surface area contributed by atoms with Crippen LogP contribution in [0.5, 0.6) is 5.75 Å². The summed E-state index contributed by atoms with van der Waals surface area (Å²) in [6.07, 6.45) is -0.588. The topological polar surface area (TPSA) is 58.6 Å². The predicted molar refractivity (Wildman–Crippen MR) is 75.1 cm³/mol. The van der Waals surface area contributed by atoms with Crippen molar-refractivity contribution in [2.75, 3.05) is 6.61 Å². The lowest BCUT2D eigenvalue weighted by atomic mass is 10.1. The molecule has 2 N–H and O–H groups in total. The van der Waals surface area contributed by atoms with Gasteiger partial charge in [-0.2, -0.15) is 0 Å². The first-order valence-electron chi connectivity index (χ1n) is 6.58. The molecular weight excluding hydrogens is 242 g/mol. The smallest absolute Gasteiger partial charge is 0.261 e. The van der Waals surface area contributed by atoms with Crippen LogP contribution in [0.15, 0.2) is 24.3 Å². The molecule has 0 spiro atoms. The first kappa shape index (κ1) is 15.5. The third-order valence-corrected chi connectivity index (χ3v) is 3.00. The third-order valence-electron chi connectivity index (χ3n) is 3.00. The van der Waals surface area contributed by atoms with Gasteiger partial charge in [0.05, 0.1) is 12.6 Å². The maximum absolute atomic E-state index is 12.0. The molecule has 0 aliphatic carbocycles. The second kappa shape index (κ2) is 7.14. The van der Waals surface area contributed by atoms with Crippen LogP contribution in [-0.4, -0.2) is 29.8 Å². The summed E-state index contributed by atoms with van der Waals surface area (Å²) in [5.41, 5.74) is 1.08. The fourth-order valence-electron chi connectivity index (χ4n) is 1.67. The van der Waals surface area contributed by atoms with Crippen LogP contribution >= 0.6 is 0 Å². The molecule has 19 heavy (non-hydrogen) atoms. The number of carbonyl (C=O) groups excluding carboxylic acids is 1. The number of benzene rings is 1. The van der Waals surface area contributed by atoms with Gasteiger partial charge in [-0.15, -0.1) is 0 Å². The Labute approximate surface area is 114 Å². The number of hydrogen-bond donors (Lipinski definition) is 2. The molecule has 0 aliphatic rings. The van der Waals surface area contributed by atoms with E-state index < -0.39 is 6.10 Å². The Morgan fingerprint density at radius 1 is 1.37 bits per heavy atom. The number of rotatable bonds is 6. The zero-order valence-electron chi connectivity index (χ0n) is 12.0. The highest BCUT2D eigenvalue weighted by molar-refractivity contribution is 5.81. The number of nitrogens with one attached hydrogen (secondary N) is 1. The molecule has 2 atom stereocenters. The Kier molecular flexibility index (Phi) is 5.83. The standard InChI is InChI=1S/C15H23NO3/c1-10(2)14(9-17)16-15(18)12(4)19-13-7-5-6-11(3)8-13/h5-8,10,12,14,17H,9H2,1-4H3,(H,16,18)/t12?,14-/m1/s1. The number of aliphatic hydroxyl groups is 1. The molecule has 0 fully saturated rings. The van der Waals surface area contributed by atoms with Gasteiger partial charge in [0.2, 0.25) is 0 Å². The Morgan fingerprint density at radius 2 is 2.05 bits per heavy atom. The normalized spacial score (nSPS) is 14.0. The largest absolute Gasteiger partial charge is 0.481 e. The number of carbonyl (C=O) groups is 1. The maximum Gasteiger partial charge on any atom is 0.261 e. The van der Waals surface area contributed by atoms with Crippen molar-refractivity contribution in [1.82, 2.24) is 5.32 Å². The van der Waals surface area contributed by atoms with Gasteiger partial charge in [-0.25, -0.2) is 0 Å². The number of hydrogen-bond acceptors (Lipinski definition) is 3. The summed E-state index contributed by atoms with van der Waals surface area (Å²) in [5, 5.41) is 12.0. The molecule has 1 aromatic carbocycles. The van der Waals surface area contributed by atoms with Gasteiger partial charge >= 0.3 is 0 Å². The molecule has 4 nitrogen and oxygen atoms in total. The molecule has 1 aromatic rings. The Balaban J connectivity index is 2.57. The van der Waals surface area contributed by atoms with Gasteiger partial charge in [0.15, 0.2) is 6.10 Å². The minimum absolute atomic E-state index is 0.0689. The zero-order chi connectivity index (χ0) is 14.4. The summed E-state index contributed by atoms with van der Waals surface area (Å²) in [7, 11) is 0. The lowest BCUT2D eigenvalue weighted by Crippen LogP contribution is -2.46. The number of aliphatic hydroxyl groups excluding tert-OH is 1. The van der Waals surface area contributed by atoms with Crippen LogP contribution in [0.3, 0.4) is 0 Å². The van der Waals surface area contributed by atoms with Crippen molar-refractivity contribution < 1.29 is 14.6 Å². The van der Waals surface area contributed by atoms with E-state index in [1.54, 1.807) is 6.92 Å². The van der Waals surface area contributed by atoms with E-state index in [-0.39, 0.29) is 24.5 Å². The van der Waals surface area contributed by atoms with Crippen LogP contribution in [0.2, 0.25) is 0 Å². The van der Waals surface area contributed by atoms with E-state index in [4.69, 9.17) is 4.74 Å². The fourth-order valence-corrected chi connectivity index (χ4v) is 1.67. The van der Waals surface area contributed by atoms with Crippen molar-refractivity contribution >= 4 is 5.91 Å². The average molecular weight is 265 g/mol. The zero-order valence-corrected chi connectivity index (χ0v) is 12.0. The monoisotopic (exact) mass is 265 g/mol. The summed E-state index contributed by atoms with van der Waals surface area (Å²) in [4.78, 5) is 12.0. The minimum atomic E-state index is -0.588. The SMILES string of the molecule is Cc1cccc(OC(C)C(=O)N[C@H](CO)C(C)C)c1. The van der Waals surface area contributed by atoms with Crippen molar-refractivity contribution in [1.29, 1.82) is 0 Å². The Morgan fingerprint density at radius 3 is 2.58 bits per heavy atom. The Bertz CT molecular complexity index is 418. The molecule has 0 radical (unpaired) electrons. The first-order chi connectivity index (χ1) is 8.93. The van der Waals surface area contributed by atoms with Crippen molar-refractivity contribution in [2.24, 2.45) is 5.92 Å². The first-order valence-corrected chi connectivity index (χ1v) is 6.58. The van der Waals surface area contributed by atoms with Gasteiger partial charge in [-0.3, -0.25) is 4.79 Å². The second-order valence-electron chi connectivity index (χ2n) is 5.12. The van der Waals surface area contributed by atoms with Crippen molar-refractivity contribution in [2.45, 2.75) is 39.8 Å². The van der Waals surface area contributed by atoms with E-state index in [0.29, 0.717) is 5.75 Å². The van der Waals surface area contributed by atoms with Crippen LogP contribution in [0.1, 0.15) is 26.3 Å². The molecule has 0 aromatic heterocycles. The number of amides is 1. The van der Waals surface area contributed by atoms with Crippen molar-refractivity contribution in [3.63, 3.8) is 0 Å². The van der Waals surface area contributed by atoms with Crippen molar-refractivity contribution in [3.05, 3.63) is 29.8 Å². The van der Waals surface area contributed by atoms with Crippen LogP contribution in [0.4, 0.5) is 0 Å². The molecule has 0 bridgehead atoms. The summed E-state index contributed by atoms with van der Waals surface area (Å²) < 4.78 is 5.59. The van der Waals surface area contributed by atoms with Crippen LogP contribution in [-0.2, 0) is 4.79 Å². The molecule has 0 aliphatic heterocycles.